The molecule has 212 valence electrons. The molecule has 0 bridgehead atoms. The lowest BCUT2D eigenvalue weighted by molar-refractivity contribution is -0.121. The predicted octanol–water partition coefficient (Wildman–Crippen LogP) is 2.70. The topological polar surface area (TPSA) is 97.6 Å². The van der Waals surface area contributed by atoms with Gasteiger partial charge in [0.15, 0.2) is 0 Å². The first-order valence-electron chi connectivity index (χ1n) is 13.9. The summed E-state index contributed by atoms with van der Waals surface area (Å²) in [5.74, 6) is 1.32. The highest BCUT2D eigenvalue weighted by Gasteiger charge is 2.27. The number of anilines is 1. The van der Waals surface area contributed by atoms with Crippen LogP contribution in [0.5, 0.6) is 5.88 Å². The Morgan fingerprint density at radius 2 is 1.98 bits per heavy atom. The van der Waals surface area contributed by atoms with Gasteiger partial charge >= 0.3 is 0 Å². The summed E-state index contributed by atoms with van der Waals surface area (Å²) >= 11 is 0. The first kappa shape index (κ1) is 27.9. The number of carbonyl (C=O) groups is 1. The van der Waals surface area contributed by atoms with E-state index in [0.29, 0.717) is 18.1 Å². The van der Waals surface area contributed by atoms with Gasteiger partial charge in [0.1, 0.15) is 5.82 Å². The van der Waals surface area contributed by atoms with E-state index in [9.17, 15) is 4.79 Å². The van der Waals surface area contributed by atoms with Gasteiger partial charge in [0.25, 0.3) is 0 Å². The Morgan fingerprint density at radius 1 is 1.18 bits per heavy atom. The van der Waals surface area contributed by atoms with Crippen LogP contribution in [-0.4, -0.2) is 95.0 Å². The summed E-state index contributed by atoms with van der Waals surface area (Å²) in [4.78, 5) is 27.5. The maximum absolute atomic E-state index is 13.3. The first-order chi connectivity index (χ1) is 19.4. The lowest BCUT2D eigenvalue weighted by Gasteiger charge is -2.37. The SMILES string of the molecule is COCCN1CCN([C@H](C)C(=O)Nc2cccc3c2CC=C3c2nc(Cc3cn(C)nc3OC)ncc2C)CC1. The van der Waals surface area contributed by atoms with Gasteiger partial charge < -0.3 is 14.8 Å². The molecule has 1 amide bonds. The molecule has 1 aliphatic carbocycles. The molecule has 1 saturated heterocycles. The lowest BCUT2D eigenvalue weighted by atomic mass is 9.99. The molecule has 10 nitrogen and oxygen atoms in total. The van der Waals surface area contributed by atoms with Gasteiger partial charge in [0.05, 0.1) is 25.5 Å². The number of rotatable bonds is 10. The van der Waals surface area contributed by atoms with Crippen LogP contribution in [0.15, 0.2) is 36.7 Å². The third kappa shape index (κ3) is 5.94. The second kappa shape index (κ2) is 12.3. The van der Waals surface area contributed by atoms with Crippen LogP contribution in [0.2, 0.25) is 0 Å². The first-order valence-corrected chi connectivity index (χ1v) is 13.9. The Kier molecular flexibility index (Phi) is 8.58. The number of amides is 1. The summed E-state index contributed by atoms with van der Waals surface area (Å²) in [6.07, 6.45) is 7.28. The minimum absolute atomic E-state index is 0.0260. The van der Waals surface area contributed by atoms with Crippen LogP contribution < -0.4 is 10.1 Å². The minimum Gasteiger partial charge on any atom is -0.480 e. The maximum atomic E-state index is 13.3. The average Bonchev–Trinajstić information content (AvgIpc) is 3.56. The molecule has 2 aliphatic rings. The van der Waals surface area contributed by atoms with Crippen molar-refractivity contribution in [3.63, 3.8) is 0 Å². The monoisotopic (exact) mass is 545 g/mol. The van der Waals surface area contributed by atoms with E-state index in [0.717, 1.165) is 85.0 Å². The van der Waals surface area contributed by atoms with Crippen molar-refractivity contribution in [1.29, 1.82) is 0 Å². The summed E-state index contributed by atoms with van der Waals surface area (Å²) in [6.45, 7) is 9.34. The van der Waals surface area contributed by atoms with Crippen LogP contribution in [0, 0.1) is 6.92 Å². The third-order valence-electron chi connectivity index (χ3n) is 7.86. The minimum atomic E-state index is -0.203. The molecule has 1 atom stereocenters. The van der Waals surface area contributed by atoms with E-state index in [2.05, 4.69) is 37.3 Å². The predicted molar refractivity (Wildman–Crippen MR) is 155 cm³/mol. The standard InChI is InChI=1S/C30H39N7O3/c1-20-18-31-27(17-22-19-35(3)34-30(22)40-5)33-28(20)25-10-9-24-23(25)7-6-8-26(24)32-29(38)21(2)37-13-11-36(12-14-37)15-16-39-4/h6-8,10,18-19,21H,9,11-17H2,1-5H3,(H,32,38)/t21-/m1/s1. The lowest BCUT2D eigenvalue weighted by Crippen LogP contribution is -2.53. The zero-order chi connectivity index (χ0) is 28.2. The van der Waals surface area contributed by atoms with Gasteiger partial charge in [-0.25, -0.2) is 9.97 Å². The highest BCUT2D eigenvalue weighted by Crippen LogP contribution is 2.37. The number of fused-ring (bicyclic) bond motifs is 1. The van der Waals surface area contributed by atoms with Crippen LogP contribution in [-0.2, 0) is 29.4 Å². The molecule has 0 unspecified atom stereocenters. The molecule has 0 spiro atoms. The maximum Gasteiger partial charge on any atom is 0.241 e. The van der Waals surface area contributed by atoms with Crippen LogP contribution in [0.3, 0.4) is 0 Å². The molecule has 0 saturated carbocycles. The van der Waals surface area contributed by atoms with E-state index in [1.54, 1.807) is 18.9 Å². The van der Waals surface area contributed by atoms with Crippen LogP contribution in [0.1, 0.15) is 40.7 Å². The Balaban J connectivity index is 1.29. The third-order valence-corrected chi connectivity index (χ3v) is 7.86. The van der Waals surface area contributed by atoms with Crippen LogP contribution >= 0.6 is 0 Å². The number of hydrogen-bond donors (Lipinski definition) is 1. The fourth-order valence-corrected chi connectivity index (χ4v) is 5.53. The van der Waals surface area contributed by atoms with Crippen molar-refractivity contribution < 1.29 is 14.3 Å². The molecular weight excluding hydrogens is 506 g/mol. The number of allylic oxidation sites excluding steroid dienone is 1. The molecule has 1 aromatic carbocycles. The Morgan fingerprint density at radius 3 is 2.73 bits per heavy atom. The number of piperazine rings is 1. The Labute approximate surface area is 236 Å². The molecular formula is C30H39N7O3. The number of ether oxygens (including phenoxy) is 2. The number of nitrogens with one attached hydrogen (secondary N) is 1. The van der Waals surface area contributed by atoms with E-state index < -0.39 is 0 Å². The normalized spacial score (nSPS) is 16.5. The van der Waals surface area contributed by atoms with Gasteiger partial charge in [-0.1, -0.05) is 18.2 Å². The summed E-state index contributed by atoms with van der Waals surface area (Å²) < 4.78 is 12.4. The molecule has 40 heavy (non-hydrogen) atoms. The molecule has 2 aromatic heterocycles. The molecule has 10 heteroatoms. The second-order valence-corrected chi connectivity index (χ2v) is 10.5. The number of hydrogen-bond acceptors (Lipinski definition) is 8. The quantitative estimate of drug-likeness (QED) is 0.415. The van der Waals surface area contributed by atoms with E-state index >= 15 is 0 Å². The molecule has 3 aromatic rings. The summed E-state index contributed by atoms with van der Waals surface area (Å²) in [5.41, 5.74) is 7.02. The van der Waals surface area contributed by atoms with Crippen molar-refractivity contribution in [3.05, 3.63) is 70.4 Å². The fraction of sp³-hybridized carbons (Fsp3) is 0.467. The summed E-state index contributed by atoms with van der Waals surface area (Å²) in [6, 6.07) is 5.91. The summed E-state index contributed by atoms with van der Waals surface area (Å²) in [5, 5.41) is 7.57. The van der Waals surface area contributed by atoms with Crippen LogP contribution in [0.4, 0.5) is 5.69 Å². The number of nitrogens with zero attached hydrogens (tertiary/aromatic N) is 6. The Bertz CT molecular complexity index is 1390. The fourth-order valence-electron chi connectivity index (χ4n) is 5.53. The van der Waals surface area contributed by atoms with Gasteiger partial charge in [-0.3, -0.25) is 19.3 Å². The van der Waals surface area contributed by atoms with Crippen molar-refractivity contribution in [2.45, 2.75) is 32.7 Å². The molecule has 1 aliphatic heterocycles. The summed E-state index contributed by atoms with van der Waals surface area (Å²) in [7, 11) is 5.22. The van der Waals surface area contributed by atoms with Gasteiger partial charge in [-0.05, 0) is 43.0 Å². The molecule has 0 radical (unpaired) electrons. The molecule has 3 heterocycles. The highest BCUT2D eigenvalue weighted by molar-refractivity contribution is 5.97. The van der Waals surface area contributed by atoms with Gasteiger partial charge in [-0.2, -0.15) is 0 Å². The number of benzene rings is 1. The van der Waals surface area contributed by atoms with E-state index in [4.69, 9.17) is 14.5 Å². The van der Waals surface area contributed by atoms with Crippen LogP contribution in [0.25, 0.3) is 5.57 Å². The van der Waals surface area contributed by atoms with Crippen molar-refractivity contribution in [1.82, 2.24) is 29.5 Å². The second-order valence-electron chi connectivity index (χ2n) is 10.5. The highest BCUT2D eigenvalue weighted by atomic mass is 16.5. The van der Waals surface area contributed by atoms with Crippen molar-refractivity contribution in [2.24, 2.45) is 7.05 Å². The smallest absolute Gasteiger partial charge is 0.241 e. The molecule has 1 fully saturated rings. The number of carbonyl (C=O) groups excluding carboxylic acids is 1. The number of methoxy groups -OCH3 is 2. The molecule has 1 N–H and O–H groups in total. The zero-order valence-corrected chi connectivity index (χ0v) is 24.1. The van der Waals surface area contributed by atoms with Gasteiger partial charge in [0.2, 0.25) is 11.8 Å². The van der Waals surface area contributed by atoms with Crippen molar-refractivity contribution >= 4 is 17.2 Å². The zero-order valence-electron chi connectivity index (χ0n) is 24.1. The van der Waals surface area contributed by atoms with Crippen molar-refractivity contribution in [2.75, 3.05) is 58.9 Å². The van der Waals surface area contributed by atoms with Gasteiger partial charge in [0, 0.05) is 82.5 Å². The van der Waals surface area contributed by atoms with E-state index in [-0.39, 0.29) is 11.9 Å². The number of aryl methyl sites for hydroxylation is 2. The largest absolute Gasteiger partial charge is 0.480 e. The average molecular weight is 546 g/mol. The number of aromatic nitrogens is 4. The van der Waals surface area contributed by atoms with E-state index in [1.807, 2.05) is 45.4 Å². The Hall–Kier alpha value is -3.60. The van der Waals surface area contributed by atoms with Crippen molar-refractivity contribution in [3.8, 4) is 5.88 Å². The molecule has 5 rings (SSSR count). The van der Waals surface area contributed by atoms with Gasteiger partial charge in [-0.15, -0.1) is 5.10 Å². The van der Waals surface area contributed by atoms with E-state index in [1.165, 1.54) is 0 Å².